The van der Waals surface area contributed by atoms with E-state index in [1.807, 2.05) is 11.8 Å². The molecule has 4 heteroatoms. The van der Waals surface area contributed by atoms with Gasteiger partial charge in [-0.05, 0) is 46.1 Å². The molecule has 2 atom stereocenters. The first-order chi connectivity index (χ1) is 9.59. The first-order valence-electron chi connectivity index (χ1n) is 8.13. The topological polar surface area (TPSA) is 40.6 Å². The molecule has 2 fully saturated rings. The maximum absolute atomic E-state index is 12.6. The molecule has 0 bridgehead atoms. The molecule has 0 aromatic carbocycles. The summed E-state index contributed by atoms with van der Waals surface area (Å²) < 4.78 is 0. The molecular formula is C16H28N2O2. The van der Waals surface area contributed by atoms with Crippen LogP contribution in [0.15, 0.2) is 0 Å². The molecule has 0 aromatic heterocycles. The SMILES string of the molecule is CC(=O)CC1CCCCCN1C(C)C(=O)N1CCCC1. The van der Waals surface area contributed by atoms with Gasteiger partial charge in [-0.1, -0.05) is 12.8 Å². The minimum Gasteiger partial charge on any atom is -0.341 e. The first kappa shape index (κ1) is 15.5. The summed E-state index contributed by atoms with van der Waals surface area (Å²) in [7, 11) is 0. The summed E-state index contributed by atoms with van der Waals surface area (Å²) in [5.41, 5.74) is 0. The summed E-state index contributed by atoms with van der Waals surface area (Å²) in [6.45, 7) is 6.47. The smallest absolute Gasteiger partial charge is 0.239 e. The average Bonchev–Trinajstić information content (AvgIpc) is 2.85. The maximum atomic E-state index is 12.6. The second kappa shape index (κ2) is 7.21. The predicted octanol–water partition coefficient (Wildman–Crippen LogP) is 2.22. The summed E-state index contributed by atoms with van der Waals surface area (Å²) >= 11 is 0. The van der Waals surface area contributed by atoms with Crippen molar-refractivity contribution in [3.8, 4) is 0 Å². The molecule has 4 nitrogen and oxygen atoms in total. The van der Waals surface area contributed by atoms with E-state index in [0.29, 0.717) is 6.42 Å². The maximum Gasteiger partial charge on any atom is 0.239 e. The number of likely N-dealkylation sites (tertiary alicyclic amines) is 2. The highest BCUT2D eigenvalue weighted by atomic mass is 16.2. The Morgan fingerprint density at radius 1 is 1.05 bits per heavy atom. The lowest BCUT2D eigenvalue weighted by atomic mass is 10.0. The van der Waals surface area contributed by atoms with E-state index in [0.717, 1.165) is 45.3 Å². The lowest BCUT2D eigenvalue weighted by Gasteiger charge is -2.35. The van der Waals surface area contributed by atoms with Crippen molar-refractivity contribution < 1.29 is 9.59 Å². The van der Waals surface area contributed by atoms with Gasteiger partial charge in [0.05, 0.1) is 6.04 Å². The molecular weight excluding hydrogens is 252 g/mol. The molecule has 0 aliphatic carbocycles. The highest BCUT2D eigenvalue weighted by Crippen LogP contribution is 2.23. The molecule has 0 spiro atoms. The van der Waals surface area contributed by atoms with Crippen LogP contribution in [0.1, 0.15) is 58.8 Å². The number of Topliss-reactive ketones (excluding diaryl/α,β-unsaturated/α-hetero) is 1. The Hall–Kier alpha value is -0.900. The lowest BCUT2D eigenvalue weighted by Crippen LogP contribution is -2.50. The zero-order valence-electron chi connectivity index (χ0n) is 12.9. The van der Waals surface area contributed by atoms with Crippen LogP contribution in [0.3, 0.4) is 0 Å². The van der Waals surface area contributed by atoms with Gasteiger partial charge in [-0.25, -0.2) is 0 Å². The number of ketones is 1. The largest absolute Gasteiger partial charge is 0.341 e. The highest BCUT2D eigenvalue weighted by Gasteiger charge is 2.32. The summed E-state index contributed by atoms with van der Waals surface area (Å²) in [4.78, 5) is 28.4. The Labute approximate surface area is 122 Å². The first-order valence-corrected chi connectivity index (χ1v) is 8.13. The van der Waals surface area contributed by atoms with Crippen LogP contribution in [0.5, 0.6) is 0 Å². The van der Waals surface area contributed by atoms with E-state index in [2.05, 4.69) is 4.90 Å². The normalized spacial score (nSPS) is 26.3. The van der Waals surface area contributed by atoms with Gasteiger partial charge < -0.3 is 4.90 Å². The number of carbonyl (C=O) groups excluding carboxylic acids is 2. The van der Waals surface area contributed by atoms with E-state index in [4.69, 9.17) is 0 Å². The van der Waals surface area contributed by atoms with Crippen LogP contribution in [0.2, 0.25) is 0 Å². The van der Waals surface area contributed by atoms with Crippen molar-refractivity contribution >= 4 is 11.7 Å². The Balaban J connectivity index is 2.04. The van der Waals surface area contributed by atoms with Crippen molar-refractivity contribution in [3.63, 3.8) is 0 Å². The molecule has 2 rings (SSSR count). The molecule has 0 saturated carbocycles. The van der Waals surface area contributed by atoms with Gasteiger partial charge in [0.2, 0.25) is 5.91 Å². The number of amides is 1. The van der Waals surface area contributed by atoms with Crippen LogP contribution < -0.4 is 0 Å². The van der Waals surface area contributed by atoms with Crippen molar-refractivity contribution in [1.82, 2.24) is 9.80 Å². The van der Waals surface area contributed by atoms with Crippen molar-refractivity contribution in [2.75, 3.05) is 19.6 Å². The van der Waals surface area contributed by atoms with Gasteiger partial charge >= 0.3 is 0 Å². The van der Waals surface area contributed by atoms with Gasteiger partial charge in [-0.3, -0.25) is 14.5 Å². The van der Waals surface area contributed by atoms with E-state index in [9.17, 15) is 9.59 Å². The van der Waals surface area contributed by atoms with Crippen molar-refractivity contribution in [2.45, 2.75) is 70.9 Å². The molecule has 0 aromatic rings. The number of carbonyl (C=O) groups is 2. The fourth-order valence-electron chi connectivity index (χ4n) is 3.60. The Morgan fingerprint density at radius 2 is 1.70 bits per heavy atom. The van der Waals surface area contributed by atoms with Gasteiger partial charge in [0.1, 0.15) is 5.78 Å². The van der Waals surface area contributed by atoms with Crippen LogP contribution in [-0.2, 0) is 9.59 Å². The van der Waals surface area contributed by atoms with Crippen molar-refractivity contribution in [2.24, 2.45) is 0 Å². The standard InChI is InChI=1S/C16H28N2O2/c1-13(19)12-15-8-4-3-5-11-18(15)14(2)16(20)17-9-6-7-10-17/h14-15H,3-12H2,1-2H3. The fourth-order valence-corrected chi connectivity index (χ4v) is 3.60. The van der Waals surface area contributed by atoms with E-state index in [1.54, 1.807) is 6.92 Å². The lowest BCUT2D eigenvalue weighted by molar-refractivity contribution is -0.137. The molecule has 2 aliphatic heterocycles. The third-order valence-corrected chi connectivity index (χ3v) is 4.72. The van der Waals surface area contributed by atoms with Crippen LogP contribution in [0.25, 0.3) is 0 Å². The molecule has 2 heterocycles. The van der Waals surface area contributed by atoms with Gasteiger partial charge in [0.25, 0.3) is 0 Å². The number of hydrogen-bond acceptors (Lipinski definition) is 3. The van der Waals surface area contributed by atoms with Crippen molar-refractivity contribution in [1.29, 1.82) is 0 Å². The van der Waals surface area contributed by atoms with E-state index in [1.165, 1.54) is 12.8 Å². The Kier molecular flexibility index (Phi) is 5.58. The average molecular weight is 280 g/mol. The molecule has 114 valence electrons. The van der Waals surface area contributed by atoms with Gasteiger partial charge in [-0.15, -0.1) is 0 Å². The van der Waals surface area contributed by atoms with E-state index in [-0.39, 0.29) is 23.8 Å². The van der Waals surface area contributed by atoms with Gasteiger partial charge in [0, 0.05) is 25.6 Å². The molecule has 0 N–H and O–H groups in total. The van der Waals surface area contributed by atoms with Crippen molar-refractivity contribution in [3.05, 3.63) is 0 Å². The van der Waals surface area contributed by atoms with Crippen LogP contribution in [0.4, 0.5) is 0 Å². The zero-order chi connectivity index (χ0) is 14.5. The predicted molar refractivity (Wildman–Crippen MR) is 79.5 cm³/mol. The Bertz CT molecular complexity index is 350. The number of rotatable bonds is 4. The second-order valence-electron chi connectivity index (χ2n) is 6.36. The van der Waals surface area contributed by atoms with Gasteiger partial charge in [0.15, 0.2) is 0 Å². The molecule has 2 unspecified atom stereocenters. The minimum absolute atomic E-state index is 0.0736. The summed E-state index contributed by atoms with van der Waals surface area (Å²) in [5.74, 6) is 0.501. The Morgan fingerprint density at radius 3 is 2.35 bits per heavy atom. The van der Waals surface area contributed by atoms with E-state index >= 15 is 0 Å². The second-order valence-corrected chi connectivity index (χ2v) is 6.36. The van der Waals surface area contributed by atoms with Crippen LogP contribution in [-0.4, -0.2) is 53.2 Å². The highest BCUT2D eigenvalue weighted by molar-refractivity contribution is 5.82. The molecule has 1 amide bonds. The molecule has 2 saturated heterocycles. The quantitative estimate of drug-likeness (QED) is 0.793. The fraction of sp³-hybridized carbons (Fsp3) is 0.875. The third kappa shape index (κ3) is 3.81. The monoisotopic (exact) mass is 280 g/mol. The summed E-state index contributed by atoms with van der Waals surface area (Å²) in [6.07, 6.45) is 7.46. The zero-order valence-corrected chi connectivity index (χ0v) is 12.9. The number of hydrogen-bond donors (Lipinski definition) is 0. The molecule has 0 radical (unpaired) electrons. The number of nitrogens with zero attached hydrogens (tertiary/aromatic N) is 2. The molecule has 20 heavy (non-hydrogen) atoms. The van der Waals surface area contributed by atoms with Gasteiger partial charge in [-0.2, -0.15) is 0 Å². The summed E-state index contributed by atoms with van der Waals surface area (Å²) in [6, 6.07) is 0.187. The van der Waals surface area contributed by atoms with E-state index < -0.39 is 0 Å². The summed E-state index contributed by atoms with van der Waals surface area (Å²) in [5, 5.41) is 0. The van der Waals surface area contributed by atoms with Crippen LogP contribution >= 0.6 is 0 Å². The third-order valence-electron chi connectivity index (χ3n) is 4.72. The minimum atomic E-state index is -0.0736. The van der Waals surface area contributed by atoms with Crippen LogP contribution in [0, 0.1) is 0 Å². The molecule has 2 aliphatic rings.